The van der Waals surface area contributed by atoms with Gasteiger partial charge in [0.15, 0.2) is 0 Å². The molecule has 0 aliphatic rings. The predicted molar refractivity (Wildman–Crippen MR) is 81.9 cm³/mol. The lowest BCUT2D eigenvalue weighted by molar-refractivity contribution is 0.286. The van der Waals surface area contributed by atoms with Gasteiger partial charge in [-0.25, -0.2) is 0 Å². The van der Waals surface area contributed by atoms with Crippen molar-refractivity contribution in [3.8, 4) is 6.07 Å². The van der Waals surface area contributed by atoms with Crippen molar-refractivity contribution in [2.75, 3.05) is 6.54 Å². The molecule has 0 amide bonds. The van der Waals surface area contributed by atoms with Crippen molar-refractivity contribution in [3.63, 3.8) is 0 Å². The molecular formula is C18H18N2. The average molecular weight is 262 g/mol. The molecule has 0 spiro atoms. The average Bonchev–Trinajstić information content (AvgIpc) is 2.49. The topological polar surface area (TPSA) is 27.0 Å². The molecule has 0 atom stereocenters. The highest BCUT2D eigenvalue weighted by Gasteiger charge is 2.05. The molecule has 0 aliphatic heterocycles. The molecule has 2 aromatic carbocycles. The summed E-state index contributed by atoms with van der Waals surface area (Å²) in [4.78, 5) is 2.32. The smallest absolute Gasteiger partial charge is 0.0991 e. The van der Waals surface area contributed by atoms with Gasteiger partial charge < -0.3 is 0 Å². The number of benzene rings is 2. The van der Waals surface area contributed by atoms with Gasteiger partial charge in [0.1, 0.15) is 0 Å². The Balaban J connectivity index is 2.05. The SMILES string of the molecule is C=CCN(Cc1ccccc1)Cc1ccc(C#N)cc1. The van der Waals surface area contributed by atoms with Gasteiger partial charge in [-0.1, -0.05) is 48.5 Å². The van der Waals surface area contributed by atoms with Gasteiger partial charge >= 0.3 is 0 Å². The van der Waals surface area contributed by atoms with Gasteiger partial charge in [-0.05, 0) is 23.3 Å². The van der Waals surface area contributed by atoms with Crippen LogP contribution in [0.15, 0.2) is 67.3 Å². The first-order chi connectivity index (χ1) is 9.81. The highest BCUT2D eigenvalue weighted by molar-refractivity contribution is 5.31. The van der Waals surface area contributed by atoms with Crippen molar-refractivity contribution in [2.24, 2.45) is 0 Å². The normalized spacial score (nSPS) is 10.2. The fraction of sp³-hybridized carbons (Fsp3) is 0.167. The Morgan fingerprint density at radius 3 is 2.10 bits per heavy atom. The molecule has 0 radical (unpaired) electrons. The van der Waals surface area contributed by atoms with Gasteiger partial charge in [-0.2, -0.15) is 5.26 Å². The highest BCUT2D eigenvalue weighted by Crippen LogP contribution is 2.11. The van der Waals surface area contributed by atoms with Crippen molar-refractivity contribution in [3.05, 3.63) is 83.9 Å². The standard InChI is InChI=1S/C18H18N2/c1-2-12-20(14-17-6-4-3-5-7-17)15-18-10-8-16(13-19)9-11-18/h2-11H,1,12,14-15H2. The number of nitrogens with zero attached hydrogens (tertiary/aromatic N) is 2. The van der Waals surface area contributed by atoms with Crippen molar-refractivity contribution in [2.45, 2.75) is 13.1 Å². The van der Waals surface area contributed by atoms with E-state index in [1.54, 1.807) is 0 Å². The van der Waals surface area contributed by atoms with E-state index in [0.29, 0.717) is 5.56 Å². The molecule has 2 heteroatoms. The third kappa shape index (κ3) is 4.08. The van der Waals surface area contributed by atoms with E-state index in [1.807, 2.05) is 36.4 Å². The molecule has 100 valence electrons. The van der Waals surface area contributed by atoms with Crippen LogP contribution in [0, 0.1) is 11.3 Å². The Kier molecular flexibility index (Phi) is 5.11. The zero-order valence-corrected chi connectivity index (χ0v) is 11.5. The fourth-order valence-corrected chi connectivity index (χ4v) is 2.15. The minimum absolute atomic E-state index is 0.701. The lowest BCUT2D eigenvalue weighted by Crippen LogP contribution is -2.22. The first-order valence-electron chi connectivity index (χ1n) is 6.68. The zero-order chi connectivity index (χ0) is 14.2. The molecular weight excluding hydrogens is 244 g/mol. The summed E-state index contributed by atoms with van der Waals surface area (Å²) in [6.45, 7) is 6.42. The minimum Gasteiger partial charge on any atom is -0.291 e. The lowest BCUT2D eigenvalue weighted by atomic mass is 10.1. The molecule has 0 aromatic heterocycles. The third-order valence-corrected chi connectivity index (χ3v) is 3.13. The van der Waals surface area contributed by atoms with Gasteiger partial charge in [0.25, 0.3) is 0 Å². The Bertz CT molecular complexity index is 579. The second-order valence-corrected chi connectivity index (χ2v) is 4.75. The summed E-state index contributed by atoms with van der Waals surface area (Å²) in [7, 11) is 0. The second kappa shape index (κ2) is 7.28. The molecule has 0 unspecified atom stereocenters. The minimum atomic E-state index is 0.701. The van der Waals surface area contributed by atoms with Gasteiger partial charge in [-0.3, -0.25) is 4.90 Å². The first kappa shape index (κ1) is 14.0. The molecule has 20 heavy (non-hydrogen) atoms. The van der Waals surface area contributed by atoms with Crippen molar-refractivity contribution < 1.29 is 0 Å². The van der Waals surface area contributed by atoms with Crippen LogP contribution in [0.3, 0.4) is 0 Å². The first-order valence-corrected chi connectivity index (χ1v) is 6.68. The largest absolute Gasteiger partial charge is 0.291 e. The lowest BCUT2D eigenvalue weighted by Gasteiger charge is -2.21. The summed E-state index contributed by atoms with van der Waals surface area (Å²) < 4.78 is 0. The summed E-state index contributed by atoms with van der Waals surface area (Å²) in [6.07, 6.45) is 1.92. The monoisotopic (exact) mass is 262 g/mol. The molecule has 0 N–H and O–H groups in total. The Labute approximate surface area is 120 Å². The maximum Gasteiger partial charge on any atom is 0.0991 e. The quantitative estimate of drug-likeness (QED) is 0.741. The number of hydrogen-bond acceptors (Lipinski definition) is 2. The fourth-order valence-electron chi connectivity index (χ4n) is 2.15. The van der Waals surface area contributed by atoms with Crippen LogP contribution in [-0.4, -0.2) is 11.4 Å². The van der Waals surface area contributed by atoms with E-state index >= 15 is 0 Å². The molecule has 0 aliphatic carbocycles. The van der Waals surface area contributed by atoms with E-state index in [4.69, 9.17) is 5.26 Å². The van der Waals surface area contributed by atoms with Gasteiger partial charge in [0.05, 0.1) is 11.6 Å². The van der Waals surface area contributed by atoms with Crippen LogP contribution in [0.5, 0.6) is 0 Å². The van der Waals surface area contributed by atoms with E-state index in [0.717, 1.165) is 19.6 Å². The van der Waals surface area contributed by atoms with Crippen LogP contribution in [0.1, 0.15) is 16.7 Å². The van der Waals surface area contributed by atoms with Crippen LogP contribution in [0.2, 0.25) is 0 Å². The molecule has 0 saturated carbocycles. The van der Waals surface area contributed by atoms with E-state index in [-0.39, 0.29) is 0 Å². The Morgan fingerprint density at radius 2 is 1.55 bits per heavy atom. The summed E-state index contributed by atoms with van der Waals surface area (Å²) >= 11 is 0. The highest BCUT2D eigenvalue weighted by atomic mass is 15.1. The van der Waals surface area contributed by atoms with Crippen molar-refractivity contribution >= 4 is 0 Å². The van der Waals surface area contributed by atoms with Crippen molar-refractivity contribution in [1.29, 1.82) is 5.26 Å². The van der Waals surface area contributed by atoms with Gasteiger partial charge in [-0.15, -0.1) is 6.58 Å². The molecule has 0 saturated heterocycles. The summed E-state index contributed by atoms with van der Waals surface area (Å²) in [6, 6.07) is 20.3. The van der Waals surface area contributed by atoms with Crippen LogP contribution in [0.4, 0.5) is 0 Å². The summed E-state index contributed by atoms with van der Waals surface area (Å²) in [5, 5.41) is 8.82. The third-order valence-electron chi connectivity index (χ3n) is 3.13. The summed E-state index contributed by atoms with van der Waals surface area (Å²) in [5.74, 6) is 0. The molecule has 2 aromatic rings. The van der Waals surface area contributed by atoms with Crippen molar-refractivity contribution in [1.82, 2.24) is 4.90 Å². The Morgan fingerprint density at radius 1 is 0.950 bits per heavy atom. The Hall–Kier alpha value is -2.37. The van der Waals surface area contributed by atoms with E-state index in [9.17, 15) is 0 Å². The van der Waals surface area contributed by atoms with E-state index in [1.165, 1.54) is 11.1 Å². The van der Waals surface area contributed by atoms with Crippen LogP contribution >= 0.6 is 0 Å². The molecule has 0 bridgehead atoms. The van der Waals surface area contributed by atoms with E-state index < -0.39 is 0 Å². The van der Waals surface area contributed by atoms with Crippen LogP contribution in [0.25, 0.3) is 0 Å². The molecule has 0 heterocycles. The summed E-state index contributed by atoms with van der Waals surface area (Å²) in [5.41, 5.74) is 3.21. The van der Waals surface area contributed by atoms with Crippen LogP contribution < -0.4 is 0 Å². The van der Waals surface area contributed by atoms with Gasteiger partial charge in [0.2, 0.25) is 0 Å². The molecule has 2 nitrogen and oxygen atoms in total. The maximum absolute atomic E-state index is 8.82. The van der Waals surface area contributed by atoms with E-state index in [2.05, 4.69) is 41.8 Å². The number of rotatable bonds is 6. The maximum atomic E-state index is 8.82. The molecule has 2 rings (SSSR count). The van der Waals surface area contributed by atoms with Gasteiger partial charge in [0, 0.05) is 19.6 Å². The molecule has 0 fully saturated rings. The second-order valence-electron chi connectivity index (χ2n) is 4.75. The van der Waals surface area contributed by atoms with Crippen LogP contribution in [-0.2, 0) is 13.1 Å². The zero-order valence-electron chi connectivity index (χ0n) is 11.5. The predicted octanol–water partition coefficient (Wildman–Crippen LogP) is 3.75. The number of nitriles is 1. The number of hydrogen-bond donors (Lipinski definition) is 0.